The molecule has 0 atom stereocenters. The number of carbonyl (C=O) groups is 1. The lowest BCUT2D eigenvalue weighted by Gasteiger charge is -2.11. The summed E-state index contributed by atoms with van der Waals surface area (Å²) in [7, 11) is -2.61. The maximum absolute atomic E-state index is 12.8. The molecule has 0 aromatic heterocycles. The number of amides is 1. The van der Waals surface area contributed by atoms with Gasteiger partial charge < -0.3 is 10.1 Å². The van der Waals surface area contributed by atoms with E-state index in [1.807, 2.05) is 0 Å². The quantitative estimate of drug-likeness (QED) is 0.510. The molecule has 33 heavy (non-hydrogen) atoms. The minimum Gasteiger partial charge on any atom is -0.497 e. The van der Waals surface area contributed by atoms with Gasteiger partial charge in [0.1, 0.15) is 5.75 Å². The molecule has 0 saturated heterocycles. The zero-order valence-electron chi connectivity index (χ0n) is 17.1. The molecule has 170 valence electrons. The second kappa shape index (κ2) is 8.28. The van der Waals surface area contributed by atoms with E-state index in [0.29, 0.717) is 22.6 Å². The summed E-state index contributed by atoms with van der Waals surface area (Å²) in [6, 6.07) is 14.8. The van der Waals surface area contributed by atoms with E-state index in [4.69, 9.17) is 4.74 Å². The summed E-state index contributed by atoms with van der Waals surface area (Å²) in [6.07, 6.45) is -2.91. The topological polar surface area (TPSA) is 84.5 Å². The molecule has 10 heteroatoms. The first kappa shape index (κ1) is 22.4. The smallest absolute Gasteiger partial charge is 0.416 e. The van der Waals surface area contributed by atoms with Gasteiger partial charge in [0.25, 0.3) is 15.9 Å². The Morgan fingerprint density at radius 2 is 1.73 bits per heavy atom. The Hall–Kier alpha value is -3.79. The summed E-state index contributed by atoms with van der Waals surface area (Å²) >= 11 is 0. The number of methoxy groups -OCH3 is 1. The lowest BCUT2D eigenvalue weighted by atomic mass is 10.0. The second-order valence-corrected chi connectivity index (χ2v) is 8.86. The van der Waals surface area contributed by atoms with Crippen LogP contribution in [0.2, 0.25) is 0 Å². The molecule has 3 aromatic carbocycles. The van der Waals surface area contributed by atoms with Crippen LogP contribution in [0.1, 0.15) is 16.7 Å². The van der Waals surface area contributed by atoms with Gasteiger partial charge in [0, 0.05) is 22.5 Å². The molecule has 1 aliphatic rings. The van der Waals surface area contributed by atoms with Gasteiger partial charge in [-0.15, -0.1) is 0 Å². The Balaban J connectivity index is 1.66. The van der Waals surface area contributed by atoms with Gasteiger partial charge in [-0.05, 0) is 66.2 Å². The van der Waals surface area contributed by atoms with Gasteiger partial charge in [0.2, 0.25) is 0 Å². The minimum absolute atomic E-state index is 0.0233. The fraction of sp³-hybridized carbons (Fsp3) is 0.0870. The van der Waals surface area contributed by atoms with E-state index >= 15 is 0 Å². The molecule has 0 unspecified atom stereocenters. The Kier molecular flexibility index (Phi) is 5.62. The highest BCUT2D eigenvalue weighted by Gasteiger charge is 2.30. The summed E-state index contributed by atoms with van der Waals surface area (Å²) in [4.78, 5) is 12.3. The summed E-state index contributed by atoms with van der Waals surface area (Å²) < 4.78 is 71.3. The van der Waals surface area contributed by atoms with Crippen molar-refractivity contribution in [2.24, 2.45) is 0 Å². The predicted molar refractivity (Wildman–Crippen MR) is 118 cm³/mol. The van der Waals surface area contributed by atoms with E-state index in [2.05, 4.69) is 10.0 Å². The number of hydrogen-bond acceptors (Lipinski definition) is 4. The fourth-order valence-electron chi connectivity index (χ4n) is 3.32. The van der Waals surface area contributed by atoms with Crippen molar-refractivity contribution < 1.29 is 31.1 Å². The number of carbonyl (C=O) groups excluding carboxylic acids is 1. The Bertz CT molecular complexity index is 1370. The maximum Gasteiger partial charge on any atom is 0.416 e. The number of fused-ring (bicyclic) bond motifs is 1. The monoisotopic (exact) mass is 474 g/mol. The van der Waals surface area contributed by atoms with Gasteiger partial charge in [-0.25, -0.2) is 8.42 Å². The van der Waals surface area contributed by atoms with Gasteiger partial charge in [0.05, 0.1) is 17.6 Å². The molecule has 1 heterocycles. The SMILES string of the molecule is COc1cccc(C=C2C(=O)Nc3ccc(S(=O)(=O)Nc4ccc(C(F)(F)F)cc4)cc32)c1. The van der Waals surface area contributed by atoms with E-state index in [1.165, 1.54) is 25.3 Å². The number of benzene rings is 3. The van der Waals surface area contributed by atoms with Crippen molar-refractivity contribution in [3.8, 4) is 5.75 Å². The average Bonchev–Trinajstić information content (AvgIpc) is 3.08. The number of alkyl halides is 3. The van der Waals surface area contributed by atoms with Gasteiger partial charge in [-0.3, -0.25) is 9.52 Å². The number of ether oxygens (including phenoxy) is 1. The van der Waals surface area contributed by atoms with Gasteiger partial charge >= 0.3 is 6.18 Å². The summed E-state index contributed by atoms with van der Waals surface area (Å²) in [5.41, 5.74) is 0.874. The van der Waals surface area contributed by atoms with Crippen LogP contribution in [0.15, 0.2) is 71.6 Å². The molecule has 1 aliphatic heterocycles. The molecule has 1 amide bonds. The molecule has 3 aromatic rings. The molecule has 6 nitrogen and oxygen atoms in total. The van der Waals surface area contributed by atoms with E-state index in [1.54, 1.807) is 30.3 Å². The maximum atomic E-state index is 12.8. The number of rotatable bonds is 5. The van der Waals surface area contributed by atoms with Gasteiger partial charge in [0.15, 0.2) is 0 Å². The molecule has 0 fully saturated rings. The number of anilines is 2. The Morgan fingerprint density at radius 3 is 2.39 bits per heavy atom. The van der Waals surface area contributed by atoms with Crippen molar-refractivity contribution in [2.75, 3.05) is 17.1 Å². The lowest BCUT2D eigenvalue weighted by molar-refractivity contribution is -0.137. The van der Waals surface area contributed by atoms with Crippen LogP contribution < -0.4 is 14.8 Å². The molecular formula is C23H17F3N2O4S. The van der Waals surface area contributed by atoms with Crippen molar-refractivity contribution in [3.05, 3.63) is 83.4 Å². The van der Waals surface area contributed by atoms with E-state index < -0.39 is 27.7 Å². The lowest BCUT2D eigenvalue weighted by Crippen LogP contribution is -2.13. The summed E-state index contributed by atoms with van der Waals surface area (Å²) in [6.45, 7) is 0. The number of hydrogen-bond donors (Lipinski definition) is 2. The third kappa shape index (κ3) is 4.70. The first-order chi connectivity index (χ1) is 15.6. The number of nitrogens with one attached hydrogen (secondary N) is 2. The molecule has 0 spiro atoms. The molecule has 2 N–H and O–H groups in total. The highest BCUT2D eigenvalue weighted by atomic mass is 32.2. The minimum atomic E-state index is -4.53. The first-order valence-electron chi connectivity index (χ1n) is 9.58. The second-order valence-electron chi connectivity index (χ2n) is 7.18. The van der Waals surface area contributed by atoms with Crippen LogP contribution in [0.25, 0.3) is 11.6 Å². The molecule has 0 radical (unpaired) electrons. The normalized spacial score (nSPS) is 14.7. The van der Waals surface area contributed by atoms with Crippen molar-refractivity contribution in [3.63, 3.8) is 0 Å². The van der Waals surface area contributed by atoms with E-state index in [-0.39, 0.29) is 16.2 Å². The molecule has 4 rings (SSSR count). The summed E-state index contributed by atoms with van der Waals surface area (Å²) in [5.74, 6) is 0.207. The highest BCUT2D eigenvalue weighted by molar-refractivity contribution is 7.92. The number of halogens is 3. The van der Waals surface area contributed by atoms with Crippen molar-refractivity contribution in [2.45, 2.75) is 11.1 Å². The number of sulfonamides is 1. The van der Waals surface area contributed by atoms with Crippen molar-refractivity contribution in [1.29, 1.82) is 0 Å². The van der Waals surface area contributed by atoms with Crippen LogP contribution in [-0.2, 0) is 21.0 Å². The van der Waals surface area contributed by atoms with Crippen molar-refractivity contribution >= 4 is 39.0 Å². The van der Waals surface area contributed by atoms with Crippen LogP contribution in [0.4, 0.5) is 24.5 Å². The van der Waals surface area contributed by atoms with E-state index in [0.717, 1.165) is 24.3 Å². The third-order valence-corrected chi connectivity index (χ3v) is 6.33. The average molecular weight is 474 g/mol. The van der Waals surface area contributed by atoms with Crippen LogP contribution in [0, 0.1) is 0 Å². The molecule has 0 bridgehead atoms. The molecule has 0 aliphatic carbocycles. The first-order valence-corrected chi connectivity index (χ1v) is 11.1. The van der Waals surface area contributed by atoms with Crippen LogP contribution in [0.5, 0.6) is 5.75 Å². The third-order valence-electron chi connectivity index (χ3n) is 4.95. The van der Waals surface area contributed by atoms with Gasteiger partial charge in [-0.2, -0.15) is 13.2 Å². The molecular weight excluding hydrogens is 457 g/mol. The zero-order chi connectivity index (χ0) is 23.8. The van der Waals surface area contributed by atoms with Crippen molar-refractivity contribution in [1.82, 2.24) is 0 Å². The van der Waals surface area contributed by atoms with Crippen LogP contribution >= 0.6 is 0 Å². The predicted octanol–water partition coefficient (Wildman–Crippen LogP) is 5.01. The molecule has 0 saturated carbocycles. The summed E-state index contributed by atoms with van der Waals surface area (Å²) in [5, 5.41) is 2.68. The highest BCUT2D eigenvalue weighted by Crippen LogP contribution is 2.36. The largest absolute Gasteiger partial charge is 0.497 e. The zero-order valence-corrected chi connectivity index (χ0v) is 17.9. The van der Waals surface area contributed by atoms with Crippen LogP contribution in [0.3, 0.4) is 0 Å². The van der Waals surface area contributed by atoms with E-state index in [9.17, 15) is 26.4 Å². The van der Waals surface area contributed by atoms with Gasteiger partial charge in [-0.1, -0.05) is 12.1 Å². The Morgan fingerprint density at radius 1 is 1.00 bits per heavy atom. The Labute approximate surface area is 187 Å². The van der Waals surface area contributed by atoms with Crippen LogP contribution in [-0.4, -0.2) is 21.4 Å². The standard InChI is InChI=1S/C23H17F3N2O4S/c1-32-17-4-2-3-14(11-17)12-20-19-13-18(9-10-21(19)27-22(20)29)33(30,31)28-16-7-5-15(6-8-16)23(24,25)26/h2-13,28H,1H3,(H,27,29). The fourth-order valence-corrected chi connectivity index (χ4v) is 4.40.